The Morgan fingerprint density at radius 2 is 1.96 bits per heavy atom. The van der Waals surface area contributed by atoms with Crippen LogP contribution in [0.4, 0.5) is 4.79 Å². The van der Waals surface area contributed by atoms with Gasteiger partial charge in [-0.05, 0) is 25.5 Å². The number of carbonyl (C=O) groups excluding carboxylic acids is 2. The lowest BCUT2D eigenvalue weighted by Gasteiger charge is -2.09. The van der Waals surface area contributed by atoms with Crippen molar-refractivity contribution in [3.05, 3.63) is 53.1 Å². The molecule has 0 aliphatic carbocycles. The maximum Gasteiger partial charge on any atom is 0.321 e. The van der Waals surface area contributed by atoms with E-state index in [0.29, 0.717) is 10.2 Å². The molecular formula is C18H18N4O3S. The highest BCUT2D eigenvalue weighted by atomic mass is 32.1. The second kappa shape index (κ2) is 7.49. The van der Waals surface area contributed by atoms with E-state index in [-0.39, 0.29) is 18.1 Å². The first-order chi connectivity index (χ1) is 12.4. The highest BCUT2D eigenvalue weighted by Gasteiger charge is 2.14. The van der Waals surface area contributed by atoms with Crippen molar-refractivity contribution in [1.82, 2.24) is 20.2 Å². The number of hydrogen-bond acceptors (Lipinski definition) is 5. The van der Waals surface area contributed by atoms with Gasteiger partial charge in [0.15, 0.2) is 0 Å². The first kappa shape index (κ1) is 17.8. The minimum atomic E-state index is -0.589. The number of rotatable bonds is 4. The zero-order valence-electron chi connectivity index (χ0n) is 14.4. The second-order valence-corrected chi connectivity index (χ2v) is 7.08. The van der Waals surface area contributed by atoms with Crippen LogP contribution in [0.1, 0.15) is 13.8 Å². The molecule has 0 aliphatic heterocycles. The number of nitrogens with zero attached hydrogens (tertiary/aromatic N) is 2. The summed E-state index contributed by atoms with van der Waals surface area (Å²) in [7, 11) is 0. The first-order valence-corrected chi connectivity index (χ1v) is 8.90. The van der Waals surface area contributed by atoms with Crippen LogP contribution in [0, 0.1) is 0 Å². The zero-order chi connectivity index (χ0) is 18.7. The quantitative estimate of drug-likeness (QED) is 0.737. The van der Waals surface area contributed by atoms with E-state index in [1.807, 2.05) is 30.3 Å². The smallest absolute Gasteiger partial charge is 0.321 e. The third kappa shape index (κ3) is 3.97. The number of nitrogens with one attached hydrogen (secondary N) is 2. The summed E-state index contributed by atoms with van der Waals surface area (Å²) >= 11 is 1.42. The van der Waals surface area contributed by atoms with Gasteiger partial charge < -0.3 is 5.32 Å². The third-order valence-corrected chi connectivity index (χ3v) is 4.66. The van der Waals surface area contributed by atoms with Gasteiger partial charge in [-0.15, -0.1) is 11.3 Å². The van der Waals surface area contributed by atoms with E-state index in [1.54, 1.807) is 19.9 Å². The molecule has 0 saturated carbocycles. The predicted molar refractivity (Wildman–Crippen MR) is 101 cm³/mol. The van der Waals surface area contributed by atoms with Crippen LogP contribution in [0.5, 0.6) is 0 Å². The molecule has 0 bridgehead atoms. The maximum atomic E-state index is 12.6. The third-order valence-electron chi connectivity index (χ3n) is 3.56. The molecule has 2 heterocycles. The SMILES string of the molecule is CC(C)NC(=O)NC(=O)Cn1cnc2sc(-c3ccccc3)cc2c1=O. The Labute approximate surface area is 153 Å². The number of aromatic nitrogens is 2. The van der Waals surface area contributed by atoms with Crippen molar-refractivity contribution in [3.63, 3.8) is 0 Å². The van der Waals surface area contributed by atoms with Crippen LogP contribution < -0.4 is 16.2 Å². The fourth-order valence-electron chi connectivity index (χ4n) is 2.44. The molecule has 3 amide bonds. The Morgan fingerprint density at radius 3 is 2.65 bits per heavy atom. The summed E-state index contributed by atoms with van der Waals surface area (Å²) in [6.07, 6.45) is 1.33. The molecule has 3 rings (SSSR count). The summed E-state index contributed by atoms with van der Waals surface area (Å²) in [5.41, 5.74) is 0.692. The van der Waals surface area contributed by atoms with E-state index < -0.39 is 11.9 Å². The molecule has 0 fully saturated rings. The molecule has 0 radical (unpaired) electrons. The minimum absolute atomic E-state index is 0.0919. The highest BCUT2D eigenvalue weighted by Crippen LogP contribution is 2.30. The van der Waals surface area contributed by atoms with Crippen LogP contribution in [0.2, 0.25) is 0 Å². The van der Waals surface area contributed by atoms with Gasteiger partial charge in [0.2, 0.25) is 5.91 Å². The van der Waals surface area contributed by atoms with Gasteiger partial charge in [0, 0.05) is 10.9 Å². The normalized spacial score (nSPS) is 10.9. The van der Waals surface area contributed by atoms with Gasteiger partial charge in [0.25, 0.3) is 5.56 Å². The van der Waals surface area contributed by atoms with Crippen LogP contribution in [-0.4, -0.2) is 27.5 Å². The molecule has 3 aromatic rings. The number of carbonyl (C=O) groups is 2. The van der Waals surface area contributed by atoms with Crippen molar-refractivity contribution in [1.29, 1.82) is 0 Å². The average Bonchev–Trinajstić information content (AvgIpc) is 3.02. The van der Waals surface area contributed by atoms with Crippen LogP contribution in [0.3, 0.4) is 0 Å². The molecule has 7 nitrogen and oxygen atoms in total. The van der Waals surface area contributed by atoms with Gasteiger partial charge in [0.1, 0.15) is 11.4 Å². The summed E-state index contributed by atoms with van der Waals surface area (Å²) < 4.78 is 1.20. The van der Waals surface area contributed by atoms with Gasteiger partial charge in [-0.1, -0.05) is 30.3 Å². The Bertz CT molecular complexity index is 1010. The van der Waals surface area contributed by atoms with Crippen molar-refractivity contribution in [2.24, 2.45) is 0 Å². The first-order valence-electron chi connectivity index (χ1n) is 8.09. The molecule has 2 aromatic heterocycles. The van der Waals surface area contributed by atoms with Crippen molar-refractivity contribution >= 4 is 33.5 Å². The van der Waals surface area contributed by atoms with E-state index in [4.69, 9.17) is 0 Å². The summed E-state index contributed by atoms with van der Waals surface area (Å²) in [5, 5.41) is 5.20. The number of benzene rings is 1. The van der Waals surface area contributed by atoms with Crippen molar-refractivity contribution in [2.75, 3.05) is 0 Å². The molecule has 0 aliphatic rings. The topological polar surface area (TPSA) is 93.1 Å². The molecule has 2 N–H and O–H groups in total. The second-order valence-electron chi connectivity index (χ2n) is 6.05. The molecule has 134 valence electrons. The van der Waals surface area contributed by atoms with E-state index in [9.17, 15) is 14.4 Å². The van der Waals surface area contributed by atoms with Crippen molar-refractivity contribution in [3.8, 4) is 10.4 Å². The molecule has 26 heavy (non-hydrogen) atoms. The Morgan fingerprint density at radius 1 is 1.23 bits per heavy atom. The fraction of sp³-hybridized carbons (Fsp3) is 0.222. The molecule has 0 unspecified atom stereocenters. The van der Waals surface area contributed by atoms with Crippen molar-refractivity contribution < 1.29 is 9.59 Å². The highest BCUT2D eigenvalue weighted by molar-refractivity contribution is 7.21. The van der Waals surface area contributed by atoms with Crippen LogP contribution in [0.15, 0.2) is 47.5 Å². The van der Waals surface area contributed by atoms with Gasteiger partial charge in [-0.25, -0.2) is 9.78 Å². The number of hydrogen-bond donors (Lipinski definition) is 2. The van der Waals surface area contributed by atoms with E-state index >= 15 is 0 Å². The van der Waals surface area contributed by atoms with Crippen molar-refractivity contribution in [2.45, 2.75) is 26.4 Å². The minimum Gasteiger partial charge on any atom is -0.336 e. The number of amides is 3. The van der Waals surface area contributed by atoms with E-state index in [1.165, 1.54) is 22.2 Å². The predicted octanol–water partition coefficient (Wildman–Crippen LogP) is 2.36. The largest absolute Gasteiger partial charge is 0.336 e. The Hall–Kier alpha value is -3.00. The Balaban J connectivity index is 1.82. The molecule has 8 heteroatoms. The molecule has 0 spiro atoms. The Kier molecular flexibility index (Phi) is 5.13. The molecule has 0 atom stereocenters. The summed E-state index contributed by atoms with van der Waals surface area (Å²) in [6.45, 7) is 3.30. The molecule has 1 aromatic carbocycles. The summed E-state index contributed by atoms with van der Waals surface area (Å²) in [4.78, 5) is 42.0. The van der Waals surface area contributed by atoms with Crippen LogP contribution >= 0.6 is 11.3 Å². The van der Waals surface area contributed by atoms with E-state index in [2.05, 4.69) is 15.6 Å². The number of urea groups is 1. The summed E-state index contributed by atoms with van der Waals surface area (Å²) in [6, 6.07) is 10.8. The number of thiophene rings is 1. The van der Waals surface area contributed by atoms with Gasteiger partial charge in [-0.3, -0.25) is 19.5 Å². The lowest BCUT2D eigenvalue weighted by Crippen LogP contribution is -2.44. The monoisotopic (exact) mass is 370 g/mol. The standard InChI is InChI=1S/C18H18N4O3S/c1-11(2)20-18(25)21-15(23)9-22-10-19-16-13(17(22)24)8-14(26-16)12-6-4-3-5-7-12/h3-8,10-11H,9H2,1-2H3,(H2,20,21,23,25). The fourth-order valence-corrected chi connectivity index (χ4v) is 3.43. The van der Waals surface area contributed by atoms with Gasteiger partial charge in [-0.2, -0.15) is 0 Å². The van der Waals surface area contributed by atoms with Gasteiger partial charge >= 0.3 is 6.03 Å². The molecular weight excluding hydrogens is 352 g/mol. The van der Waals surface area contributed by atoms with Crippen LogP contribution in [0.25, 0.3) is 20.7 Å². The lowest BCUT2D eigenvalue weighted by molar-refractivity contribution is -0.120. The van der Waals surface area contributed by atoms with Crippen LogP contribution in [-0.2, 0) is 11.3 Å². The maximum absolute atomic E-state index is 12.6. The summed E-state index contributed by atoms with van der Waals surface area (Å²) in [5.74, 6) is -0.579. The van der Waals surface area contributed by atoms with E-state index in [0.717, 1.165) is 10.4 Å². The lowest BCUT2D eigenvalue weighted by atomic mass is 10.2. The average molecular weight is 370 g/mol. The number of fused-ring (bicyclic) bond motifs is 1. The zero-order valence-corrected chi connectivity index (χ0v) is 15.2. The number of imide groups is 1. The molecule has 0 saturated heterocycles. The van der Waals surface area contributed by atoms with Gasteiger partial charge in [0.05, 0.1) is 11.7 Å².